The quantitative estimate of drug-likeness (QED) is 0.648. The Kier molecular flexibility index (Phi) is 7.17. The predicted molar refractivity (Wildman–Crippen MR) is 116 cm³/mol. The van der Waals surface area contributed by atoms with E-state index in [1.165, 1.54) is 0 Å². The molecular weight excluding hydrogens is 390 g/mol. The van der Waals surface area contributed by atoms with Crippen molar-refractivity contribution in [2.75, 3.05) is 29.0 Å². The largest absolute Gasteiger partial charge is 0.349 e. The maximum absolute atomic E-state index is 12.7. The number of carbonyl (C=O) groups excluding carboxylic acids is 2. The van der Waals surface area contributed by atoms with Crippen molar-refractivity contribution in [1.29, 1.82) is 0 Å². The van der Waals surface area contributed by atoms with Gasteiger partial charge in [0.25, 0.3) is 5.91 Å². The van der Waals surface area contributed by atoms with E-state index in [0.717, 1.165) is 21.7 Å². The van der Waals surface area contributed by atoms with E-state index in [1.54, 1.807) is 49.4 Å². The number of nitrogens with zero attached hydrogens (tertiary/aromatic N) is 1. The third kappa shape index (κ3) is 5.92. The number of rotatable bonds is 8. The van der Waals surface area contributed by atoms with Crippen molar-refractivity contribution in [3.63, 3.8) is 0 Å². The molecule has 2 amide bonds. The molecule has 0 saturated heterocycles. The first kappa shape index (κ1) is 22.2. The lowest BCUT2D eigenvalue weighted by atomic mass is 10.1. The van der Waals surface area contributed by atoms with E-state index in [1.807, 2.05) is 13.0 Å². The molecule has 2 aromatic rings. The third-order valence-electron chi connectivity index (χ3n) is 4.17. The fourth-order valence-corrected chi connectivity index (χ4v) is 3.65. The Hall–Kier alpha value is -3.13. The first-order chi connectivity index (χ1) is 13.6. The summed E-state index contributed by atoms with van der Waals surface area (Å²) in [6.07, 6.45) is 2.60. The smallest absolute Gasteiger partial charge is 0.253 e. The van der Waals surface area contributed by atoms with E-state index in [2.05, 4.69) is 17.2 Å². The molecule has 154 valence electrons. The molecule has 0 heterocycles. The molecule has 0 aliphatic rings. The highest BCUT2D eigenvalue weighted by Crippen LogP contribution is 2.24. The third-order valence-corrected chi connectivity index (χ3v) is 5.30. The summed E-state index contributed by atoms with van der Waals surface area (Å²) in [5, 5.41) is 5.29. The van der Waals surface area contributed by atoms with E-state index < -0.39 is 22.5 Å². The highest BCUT2D eigenvalue weighted by Gasteiger charge is 2.23. The van der Waals surface area contributed by atoms with Crippen molar-refractivity contribution in [1.82, 2.24) is 5.32 Å². The van der Waals surface area contributed by atoms with Crippen LogP contribution in [-0.4, -0.2) is 39.6 Å². The van der Waals surface area contributed by atoms with E-state index in [9.17, 15) is 18.0 Å². The second kappa shape index (κ2) is 9.38. The van der Waals surface area contributed by atoms with E-state index >= 15 is 0 Å². The lowest BCUT2D eigenvalue weighted by Gasteiger charge is -2.24. The highest BCUT2D eigenvalue weighted by atomic mass is 32.2. The number of amides is 2. The molecule has 0 unspecified atom stereocenters. The number of hydrogen-bond donors (Lipinski definition) is 2. The molecule has 0 atom stereocenters. The molecule has 7 nitrogen and oxygen atoms in total. The summed E-state index contributed by atoms with van der Waals surface area (Å²) in [4.78, 5) is 24.9. The van der Waals surface area contributed by atoms with Crippen LogP contribution in [-0.2, 0) is 14.8 Å². The molecule has 0 aliphatic heterocycles. The zero-order chi connectivity index (χ0) is 21.6. The minimum atomic E-state index is -3.70. The van der Waals surface area contributed by atoms with Crippen LogP contribution in [0.15, 0.2) is 55.1 Å². The minimum Gasteiger partial charge on any atom is -0.349 e. The summed E-state index contributed by atoms with van der Waals surface area (Å²) in [6, 6.07) is 11.9. The Labute approximate surface area is 171 Å². The van der Waals surface area contributed by atoms with Gasteiger partial charge >= 0.3 is 0 Å². The number of carbonyl (C=O) groups is 2. The number of para-hydroxylation sites is 1. The SMILES string of the molecule is C=CCNC(=O)c1ccccc1NC(=O)CN(c1cc(C)ccc1C)S(C)(=O)=O. The molecule has 0 aromatic heterocycles. The van der Waals surface area contributed by atoms with Gasteiger partial charge in [-0.15, -0.1) is 6.58 Å². The van der Waals surface area contributed by atoms with Crippen LogP contribution in [0.1, 0.15) is 21.5 Å². The summed E-state index contributed by atoms with van der Waals surface area (Å²) < 4.78 is 25.8. The van der Waals surface area contributed by atoms with Crippen molar-refractivity contribution in [3.05, 3.63) is 71.8 Å². The fourth-order valence-electron chi connectivity index (χ4n) is 2.74. The van der Waals surface area contributed by atoms with Crippen LogP contribution < -0.4 is 14.9 Å². The van der Waals surface area contributed by atoms with Crippen molar-refractivity contribution in [2.45, 2.75) is 13.8 Å². The van der Waals surface area contributed by atoms with Crippen molar-refractivity contribution in [2.24, 2.45) is 0 Å². The molecule has 2 rings (SSSR count). The Morgan fingerprint density at radius 3 is 2.48 bits per heavy atom. The van der Waals surface area contributed by atoms with Crippen LogP contribution in [0.5, 0.6) is 0 Å². The van der Waals surface area contributed by atoms with Gasteiger partial charge in [-0.1, -0.05) is 30.3 Å². The monoisotopic (exact) mass is 415 g/mol. The van der Waals surface area contributed by atoms with Gasteiger partial charge in [-0.3, -0.25) is 13.9 Å². The second-order valence-electron chi connectivity index (χ2n) is 6.65. The van der Waals surface area contributed by atoms with Crippen molar-refractivity contribution < 1.29 is 18.0 Å². The number of nitrogens with one attached hydrogen (secondary N) is 2. The molecule has 0 radical (unpaired) electrons. The minimum absolute atomic E-state index is 0.278. The lowest BCUT2D eigenvalue weighted by molar-refractivity contribution is -0.114. The first-order valence-corrected chi connectivity index (χ1v) is 10.8. The van der Waals surface area contributed by atoms with Crippen LogP contribution in [0, 0.1) is 13.8 Å². The van der Waals surface area contributed by atoms with Gasteiger partial charge in [0.15, 0.2) is 0 Å². The van der Waals surface area contributed by atoms with Gasteiger partial charge in [0.1, 0.15) is 6.54 Å². The number of sulfonamides is 1. The Morgan fingerprint density at radius 2 is 1.83 bits per heavy atom. The van der Waals surface area contributed by atoms with Gasteiger partial charge in [0.05, 0.1) is 23.2 Å². The van der Waals surface area contributed by atoms with Gasteiger partial charge in [-0.25, -0.2) is 8.42 Å². The fraction of sp³-hybridized carbons (Fsp3) is 0.238. The van der Waals surface area contributed by atoms with Crippen LogP contribution in [0.25, 0.3) is 0 Å². The number of hydrogen-bond acceptors (Lipinski definition) is 4. The summed E-state index contributed by atoms with van der Waals surface area (Å²) in [5.41, 5.74) is 2.63. The molecule has 29 heavy (non-hydrogen) atoms. The zero-order valence-electron chi connectivity index (χ0n) is 16.7. The summed E-state index contributed by atoms with van der Waals surface area (Å²) in [5.74, 6) is -0.921. The number of benzene rings is 2. The molecule has 0 saturated carbocycles. The van der Waals surface area contributed by atoms with E-state index in [0.29, 0.717) is 11.4 Å². The van der Waals surface area contributed by atoms with Crippen LogP contribution in [0.2, 0.25) is 0 Å². The molecule has 8 heteroatoms. The molecular formula is C21H25N3O4S. The average Bonchev–Trinajstić information content (AvgIpc) is 2.66. The lowest BCUT2D eigenvalue weighted by Crippen LogP contribution is -2.38. The summed E-state index contributed by atoms with van der Waals surface area (Å²) in [7, 11) is -3.70. The second-order valence-corrected chi connectivity index (χ2v) is 8.56. The molecule has 0 aliphatic carbocycles. The topological polar surface area (TPSA) is 95.6 Å². The predicted octanol–water partition coefficient (Wildman–Crippen LogP) is 2.62. The van der Waals surface area contributed by atoms with Gasteiger partial charge in [-0.2, -0.15) is 0 Å². The van der Waals surface area contributed by atoms with Crippen LogP contribution >= 0.6 is 0 Å². The van der Waals surface area contributed by atoms with Gasteiger partial charge in [-0.05, 0) is 43.2 Å². The first-order valence-electron chi connectivity index (χ1n) is 8.96. The number of aryl methyl sites for hydroxylation is 2. The van der Waals surface area contributed by atoms with Gasteiger partial charge < -0.3 is 10.6 Å². The Morgan fingerprint density at radius 1 is 1.14 bits per heavy atom. The van der Waals surface area contributed by atoms with Crippen molar-refractivity contribution >= 4 is 33.2 Å². The standard InChI is InChI=1S/C21H25N3O4S/c1-5-12-22-21(26)17-8-6-7-9-18(17)23-20(25)14-24(29(4,27)28)19-13-15(2)10-11-16(19)3/h5-11,13H,1,12,14H2,2-4H3,(H,22,26)(H,23,25). The molecule has 2 N–H and O–H groups in total. The maximum Gasteiger partial charge on any atom is 0.253 e. The zero-order valence-corrected chi connectivity index (χ0v) is 17.5. The Balaban J connectivity index is 2.28. The van der Waals surface area contributed by atoms with Crippen LogP contribution in [0.4, 0.5) is 11.4 Å². The normalized spacial score (nSPS) is 10.9. The Bertz CT molecular complexity index is 1030. The van der Waals surface area contributed by atoms with E-state index in [-0.39, 0.29) is 18.0 Å². The molecule has 0 fully saturated rings. The molecule has 0 spiro atoms. The summed E-state index contributed by atoms with van der Waals surface area (Å²) in [6.45, 7) is 7.05. The molecule has 2 aromatic carbocycles. The average molecular weight is 416 g/mol. The van der Waals surface area contributed by atoms with Gasteiger partial charge in [0, 0.05) is 6.54 Å². The van der Waals surface area contributed by atoms with Gasteiger partial charge in [0.2, 0.25) is 15.9 Å². The van der Waals surface area contributed by atoms with Crippen molar-refractivity contribution in [3.8, 4) is 0 Å². The van der Waals surface area contributed by atoms with Crippen LogP contribution in [0.3, 0.4) is 0 Å². The summed E-state index contributed by atoms with van der Waals surface area (Å²) >= 11 is 0. The molecule has 0 bridgehead atoms. The highest BCUT2D eigenvalue weighted by molar-refractivity contribution is 7.92. The number of anilines is 2. The van der Waals surface area contributed by atoms with E-state index in [4.69, 9.17) is 0 Å². The maximum atomic E-state index is 12.7.